The van der Waals surface area contributed by atoms with Gasteiger partial charge in [0.05, 0.1) is 18.7 Å². The summed E-state index contributed by atoms with van der Waals surface area (Å²) in [6.45, 7) is 4.24. The van der Waals surface area contributed by atoms with Crippen molar-refractivity contribution in [2.24, 2.45) is 0 Å². The molecular weight excluding hydrogens is 416 g/mol. The van der Waals surface area contributed by atoms with E-state index in [2.05, 4.69) is 9.80 Å². The Kier molecular flexibility index (Phi) is 7.18. The lowest BCUT2D eigenvalue weighted by atomic mass is 10.2. The average molecular weight is 444 g/mol. The van der Waals surface area contributed by atoms with Crippen molar-refractivity contribution in [3.05, 3.63) is 42.5 Å². The molecule has 0 aliphatic carbocycles. The van der Waals surface area contributed by atoms with Gasteiger partial charge in [-0.25, -0.2) is 0 Å². The number of aliphatic carboxylic acids is 1. The van der Waals surface area contributed by atoms with E-state index in [4.69, 9.17) is 24.1 Å². The lowest BCUT2D eigenvalue weighted by Crippen LogP contribution is -2.49. The summed E-state index contributed by atoms with van der Waals surface area (Å²) in [5.74, 6) is 1.80. The molecule has 172 valence electrons. The quantitative estimate of drug-likeness (QED) is 0.568. The highest BCUT2D eigenvalue weighted by molar-refractivity contribution is 5.67. The molecule has 32 heavy (non-hydrogen) atoms. The molecule has 1 unspecified atom stereocenters. The largest absolute Gasteiger partial charge is 0.491 e. The van der Waals surface area contributed by atoms with Gasteiger partial charge in [-0.3, -0.25) is 9.69 Å². The maximum absolute atomic E-state index is 10.7. The fourth-order valence-electron chi connectivity index (χ4n) is 3.77. The van der Waals surface area contributed by atoms with Crippen molar-refractivity contribution in [2.75, 3.05) is 57.6 Å². The number of para-hydroxylation sites is 2. The SMILES string of the molecule is O=C(O)CCOc1ccccc1N1CCN(CC(O)COc2ccc3c(c2)OCO3)CC1. The number of β-amino-alcohol motifs (C(OH)–C–C–N with tert-alkyl or cyclic N) is 1. The van der Waals surface area contributed by atoms with Crippen molar-refractivity contribution < 1.29 is 34.0 Å². The Morgan fingerprint density at radius 1 is 1.03 bits per heavy atom. The maximum Gasteiger partial charge on any atom is 0.306 e. The van der Waals surface area contributed by atoms with Crippen LogP contribution in [0.25, 0.3) is 0 Å². The fourth-order valence-corrected chi connectivity index (χ4v) is 3.77. The van der Waals surface area contributed by atoms with Gasteiger partial charge in [0, 0.05) is 38.8 Å². The number of carboxylic acids is 1. The number of anilines is 1. The van der Waals surface area contributed by atoms with Crippen LogP contribution in [0.15, 0.2) is 42.5 Å². The number of nitrogens with zero attached hydrogens (tertiary/aromatic N) is 2. The van der Waals surface area contributed by atoms with Crippen molar-refractivity contribution in [1.82, 2.24) is 4.90 Å². The molecule has 0 saturated carbocycles. The van der Waals surface area contributed by atoms with Crippen LogP contribution in [0.4, 0.5) is 5.69 Å². The normalized spacial score (nSPS) is 16.6. The number of benzene rings is 2. The first-order valence-corrected chi connectivity index (χ1v) is 10.7. The molecule has 1 saturated heterocycles. The van der Waals surface area contributed by atoms with Gasteiger partial charge < -0.3 is 34.1 Å². The number of rotatable bonds is 10. The van der Waals surface area contributed by atoms with E-state index >= 15 is 0 Å². The second-order valence-electron chi connectivity index (χ2n) is 7.73. The Bertz CT molecular complexity index is 915. The number of hydrogen-bond donors (Lipinski definition) is 2. The van der Waals surface area contributed by atoms with Crippen LogP contribution in [0.1, 0.15) is 6.42 Å². The molecule has 2 aliphatic rings. The highest BCUT2D eigenvalue weighted by atomic mass is 16.7. The van der Waals surface area contributed by atoms with E-state index in [1.54, 1.807) is 18.2 Å². The first kappa shape index (κ1) is 22.0. The Hall–Kier alpha value is -3.17. The predicted molar refractivity (Wildman–Crippen MR) is 117 cm³/mol. The molecular formula is C23H28N2O7. The van der Waals surface area contributed by atoms with Crippen LogP contribution in [0, 0.1) is 0 Å². The first-order valence-electron chi connectivity index (χ1n) is 10.7. The summed E-state index contributed by atoms with van der Waals surface area (Å²) < 4.78 is 22.0. The van der Waals surface area contributed by atoms with E-state index in [0.29, 0.717) is 29.5 Å². The van der Waals surface area contributed by atoms with Crippen LogP contribution in [-0.2, 0) is 4.79 Å². The third-order valence-corrected chi connectivity index (χ3v) is 5.41. The van der Waals surface area contributed by atoms with Crippen LogP contribution in [0.5, 0.6) is 23.0 Å². The zero-order chi connectivity index (χ0) is 22.3. The number of aliphatic hydroxyl groups is 1. The Morgan fingerprint density at radius 2 is 1.81 bits per heavy atom. The molecule has 2 aliphatic heterocycles. The molecule has 1 fully saturated rings. The Balaban J connectivity index is 1.22. The molecule has 0 amide bonds. The van der Waals surface area contributed by atoms with E-state index in [1.807, 2.05) is 24.3 Å². The van der Waals surface area contributed by atoms with Gasteiger partial charge in [-0.15, -0.1) is 0 Å². The summed E-state index contributed by atoms with van der Waals surface area (Å²) in [5.41, 5.74) is 0.962. The van der Waals surface area contributed by atoms with Gasteiger partial charge in [0.1, 0.15) is 24.2 Å². The number of hydrogen-bond acceptors (Lipinski definition) is 8. The minimum Gasteiger partial charge on any atom is -0.491 e. The Morgan fingerprint density at radius 3 is 2.62 bits per heavy atom. The minimum atomic E-state index is -0.878. The topological polar surface area (TPSA) is 101 Å². The van der Waals surface area contributed by atoms with Gasteiger partial charge in [-0.05, 0) is 24.3 Å². The van der Waals surface area contributed by atoms with Crippen molar-refractivity contribution in [3.63, 3.8) is 0 Å². The maximum atomic E-state index is 10.7. The van der Waals surface area contributed by atoms with E-state index in [0.717, 1.165) is 31.9 Å². The lowest BCUT2D eigenvalue weighted by Gasteiger charge is -2.37. The number of carboxylic acid groups (broad SMARTS) is 1. The van der Waals surface area contributed by atoms with Gasteiger partial charge in [0.15, 0.2) is 11.5 Å². The molecule has 9 nitrogen and oxygen atoms in total. The highest BCUT2D eigenvalue weighted by Crippen LogP contribution is 2.35. The molecule has 2 aromatic carbocycles. The fraction of sp³-hybridized carbons (Fsp3) is 0.435. The molecule has 9 heteroatoms. The first-order chi connectivity index (χ1) is 15.6. The van der Waals surface area contributed by atoms with Gasteiger partial charge in [-0.1, -0.05) is 12.1 Å². The van der Waals surface area contributed by atoms with Crippen LogP contribution < -0.4 is 23.8 Å². The second-order valence-corrected chi connectivity index (χ2v) is 7.73. The summed E-state index contributed by atoms with van der Waals surface area (Å²) in [6, 6.07) is 13.0. The molecule has 0 bridgehead atoms. The predicted octanol–water partition coefficient (Wildman–Crippen LogP) is 1.83. The monoisotopic (exact) mass is 444 g/mol. The molecule has 0 aromatic heterocycles. The van der Waals surface area contributed by atoms with E-state index < -0.39 is 12.1 Å². The van der Waals surface area contributed by atoms with Crippen molar-refractivity contribution in [1.29, 1.82) is 0 Å². The van der Waals surface area contributed by atoms with Gasteiger partial charge in [0.25, 0.3) is 0 Å². The van der Waals surface area contributed by atoms with Crippen LogP contribution in [0.3, 0.4) is 0 Å². The summed E-state index contributed by atoms with van der Waals surface area (Å²) in [4.78, 5) is 15.2. The molecule has 0 spiro atoms. The zero-order valence-electron chi connectivity index (χ0n) is 17.8. The number of aliphatic hydroxyl groups excluding tert-OH is 1. The molecule has 2 heterocycles. The third kappa shape index (κ3) is 5.74. The molecule has 1 atom stereocenters. The third-order valence-electron chi connectivity index (χ3n) is 5.41. The molecule has 2 aromatic rings. The van der Waals surface area contributed by atoms with Crippen LogP contribution >= 0.6 is 0 Å². The molecule has 2 N–H and O–H groups in total. The van der Waals surface area contributed by atoms with Gasteiger partial charge in [0.2, 0.25) is 6.79 Å². The lowest BCUT2D eigenvalue weighted by molar-refractivity contribution is -0.137. The van der Waals surface area contributed by atoms with E-state index in [1.165, 1.54) is 0 Å². The van der Waals surface area contributed by atoms with Gasteiger partial charge >= 0.3 is 5.97 Å². The number of carbonyl (C=O) groups is 1. The van der Waals surface area contributed by atoms with E-state index in [9.17, 15) is 9.90 Å². The summed E-state index contributed by atoms with van der Waals surface area (Å²) in [6.07, 6.45) is -0.646. The van der Waals surface area contributed by atoms with Gasteiger partial charge in [-0.2, -0.15) is 0 Å². The number of fused-ring (bicyclic) bond motifs is 1. The average Bonchev–Trinajstić information content (AvgIpc) is 3.26. The summed E-state index contributed by atoms with van der Waals surface area (Å²) >= 11 is 0. The minimum absolute atomic E-state index is 0.0334. The summed E-state index contributed by atoms with van der Waals surface area (Å²) in [7, 11) is 0. The second kappa shape index (κ2) is 10.4. The van der Waals surface area contributed by atoms with Crippen molar-refractivity contribution >= 4 is 11.7 Å². The Labute approximate surface area is 186 Å². The van der Waals surface area contributed by atoms with Crippen molar-refractivity contribution in [3.8, 4) is 23.0 Å². The highest BCUT2D eigenvalue weighted by Gasteiger charge is 2.22. The van der Waals surface area contributed by atoms with Crippen LogP contribution in [-0.4, -0.2) is 79.9 Å². The van der Waals surface area contributed by atoms with E-state index in [-0.39, 0.29) is 26.4 Å². The standard InChI is InChI=1S/C23H28N2O7/c26-17(15-30-18-5-6-21-22(13-18)32-16-31-21)14-24-8-10-25(11-9-24)19-3-1-2-4-20(19)29-12-7-23(27)28/h1-6,13,17,26H,7-12,14-16H2,(H,27,28). The smallest absolute Gasteiger partial charge is 0.306 e. The van der Waals surface area contributed by atoms with Crippen molar-refractivity contribution in [2.45, 2.75) is 12.5 Å². The number of ether oxygens (including phenoxy) is 4. The number of piperazine rings is 1. The molecule has 0 radical (unpaired) electrons. The zero-order valence-corrected chi connectivity index (χ0v) is 17.8. The summed E-state index contributed by atoms with van der Waals surface area (Å²) in [5, 5.41) is 19.2. The molecule has 4 rings (SSSR count). The van der Waals surface area contributed by atoms with Crippen LogP contribution in [0.2, 0.25) is 0 Å².